The molecule has 0 saturated carbocycles. The summed E-state index contributed by atoms with van der Waals surface area (Å²) in [5.41, 5.74) is -0.914. The predicted octanol–water partition coefficient (Wildman–Crippen LogP) is 3.78. The van der Waals surface area contributed by atoms with Crippen molar-refractivity contribution in [2.45, 2.75) is 19.0 Å². The zero-order valence-electron chi connectivity index (χ0n) is 17.6. The summed E-state index contributed by atoms with van der Waals surface area (Å²) in [6.07, 6.45) is -1.50. The third kappa shape index (κ3) is 4.81. The molecule has 3 heterocycles. The minimum absolute atomic E-state index is 0.0917. The number of nitrogens with one attached hydrogen (secondary N) is 1. The van der Waals surface area contributed by atoms with Gasteiger partial charge in [0.1, 0.15) is 17.3 Å². The third-order valence-electron chi connectivity index (χ3n) is 5.19. The molecule has 0 spiro atoms. The van der Waals surface area contributed by atoms with Gasteiger partial charge in [-0.3, -0.25) is 9.59 Å². The molecule has 33 heavy (non-hydrogen) atoms. The van der Waals surface area contributed by atoms with Crippen LogP contribution < -0.4 is 10.1 Å². The first-order valence-corrected chi connectivity index (χ1v) is 10.1. The van der Waals surface area contributed by atoms with Gasteiger partial charge in [0.25, 0.3) is 11.8 Å². The maximum Gasteiger partial charge on any atom is 0.435 e. The number of pyridine rings is 1. The largest absolute Gasteiger partial charge is 0.497 e. The normalized spacial score (nSPS) is 13.8. The lowest BCUT2D eigenvalue weighted by Crippen LogP contribution is -2.27. The second-order valence-corrected chi connectivity index (χ2v) is 7.41. The third-order valence-corrected chi connectivity index (χ3v) is 5.19. The highest BCUT2D eigenvalue weighted by molar-refractivity contribution is 6.03. The fourth-order valence-electron chi connectivity index (χ4n) is 3.48. The van der Waals surface area contributed by atoms with E-state index in [1.54, 1.807) is 17.0 Å². The lowest BCUT2D eigenvalue weighted by Gasteiger charge is -2.15. The summed E-state index contributed by atoms with van der Waals surface area (Å²) in [7, 11) is 1.46. The van der Waals surface area contributed by atoms with Crippen LogP contribution in [0.1, 0.15) is 39.4 Å². The summed E-state index contributed by atoms with van der Waals surface area (Å²) in [6, 6.07) is 9.68. The van der Waals surface area contributed by atoms with Crippen LogP contribution in [0.3, 0.4) is 0 Å². The van der Waals surface area contributed by atoms with Crippen molar-refractivity contribution in [2.24, 2.45) is 0 Å². The zero-order valence-corrected chi connectivity index (χ0v) is 17.6. The van der Waals surface area contributed by atoms with Gasteiger partial charge in [0.2, 0.25) is 0 Å². The lowest BCUT2D eigenvalue weighted by molar-refractivity contribution is -0.141. The highest BCUT2D eigenvalue weighted by atomic mass is 19.4. The first-order valence-electron chi connectivity index (χ1n) is 10.1. The number of methoxy groups -OCH3 is 1. The molecule has 1 aliphatic rings. The molecule has 0 aliphatic carbocycles. The van der Waals surface area contributed by atoms with E-state index >= 15 is 0 Å². The van der Waals surface area contributed by atoms with Crippen LogP contribution in [0.2, 0.25) is 0 Å². The molecular formula is C22H20F3N5O3. The molecule has 1 saturated heterocycles. The maximum absolute atomic E-state index is 13.3. The van der Waals surface area contributed by atoms with E-state index in [4.69, 9.17) is 4.74 Å². The molecule has 2 amide bonds. The number of ether oxygens (including phenoxy) is 1. The number of likely N-dealkylation sites (tertiary alicyclic amines) is 1. The van der Waals surface area contributed by atoms with Gasteiger partial charge in [0.15, 0.2) is 5.69 Å². The van der Waals surface area contributed by atoms with E-state index in [0.717, 1.165) is 17.5 Å². The summed E-state index contributed by atoms with van der Waals surface area (Å²) in [4.78, 5) is 31.0. The van der Waals surface area contributed by atoms with Crippen LogP contribution in [0.15, 0.2) is 48.7 Å². The molecule has 172 valence electrons. The summed E-state index contributed by atoms with van der Waals surface area (Å²) < 4.78 is 45.8. The van der Waals surface area contributed by atoms with E-state index in [2.05, 4.69) is 15.4 Å². The first kappa shape index (κ1) is 22.3. The van der Waals surface area contributed by atoms with Crippen LogP contribution in [0.4, 0.5) is 19.0 Å². The van der Waals surface area contributed by atoms with E-state index in [9.17, 15) is 22.8 Å². The van der Waals surface area contributed by atoms with Gasteiger partial charge in [-0.25, -0.2) is 9.67 Å². The molecule has 0 bridgehead atoms. The topological polar surface area (TPSA) is 89.3 Å². The van der Waals surface area contributed by atoms with Gasteiger partial charge >= 0.3 is 6.18 Å². The highest BCUT2D eigenvalue weighted by Crippen LogP contribution is 2.30. The second kappa shape index (κ2) is 8.93. The highest BCUT2D eigenvalue weighted by Gasteiger charge is 2.36. The van der Waals surface area contributed by atoms with Crippen molar-refractivity contribution in [3.8, 4) is 11.4 Å². The number of alkyl halides is 3. The average molecular weight is 459 g/mol. The zero-order chi connectivity index (χ0) is 23.6. The second-order valence-electron chi connectivity index (χ2n) is 7.41. The Morgan fingerprint density at radius 1 is 1.06 bits per heavy atom. The predicted molar refractivity (Wildman–Crippen MR) is 112 cm³/mol. The van der Waals surface area contributed by atoms with E-state index in [1.165, 1.54) is 37.6 Å². The van der Waals surface area contributed by atoms with Crippen LogP contribution in [-0.4, -0.2) is 51.7 Å². The Hall–Kier alpha value is -3.89. The van der Waals surface area contributed by atoms with Crippen molar-refractivity contribution in [3.05, 3.63) is 65.6 Å². The molecule has 0 radical (unpaired) electrons. The summed E-state index contributed by atoms with van der Waals surface area (Å²) in [5, 5.41) is 6.03. The van der Waals surface area contributed by atoms with Crippen LogP contribution in [-0.2, 0) is 6.18 Å². The molecule has 4 rings (SSSR count). The molecular weight excluding hydrogens is 439 g/mol. The molecule has 0 atom stereocenters. The van der Waals surface area contributed by atoms with Gasteiger partial charge in [0.05, 0.1) is 18.4 Å². The van der Waals surface area contributed by atoms with Crippen molar-refractivity contribution < 1.29 is 27.5 Å². The standard InChI is InChI=1S/C22H20F3N5O3/c1-33-16-7-5-15(6-8-16)30-17(12-18(28-30)22(23,24)25)20(31)27-19-9-4-14(13-26-19)21(32)29-10-2-3-11-29/h4-9,12-13H,2-3,10-11H2,1H3,(H,26,27,31). The summed E-state index contributed by atoms with van der Waals surface area (Å²) in [5.74, 6) is -0.389. The molecule has 0 unspecified atom stereocenters. The van der Waals surface area contributed by atoms with Crippen LogP contribution in [0, 0.1) is 0 Å². The number of carbonyl (C=O) groups is 2. The Labute approximate surface area is 187 Å². The molecule has 8 nitrogen and oxygen atoms in total. The monoisotopic (exact) mass is 459 g/mol. The van der Waals surface area contributed by atoms with E-state index in [-0.39, 0.29) is 23.1 Å². The quantitative estimate of drug-likeness (QED) is 0.627. The molecule has 3 aromatic rings. The lowest BCUT2D eigenvalue weighted by atomic mass is 10.2. The van der Waals surface area contributed by atoms with E-state index in [1.807, 2.05) is 0 Å². The Morgan fingerprint density at radius 3 is 2.33 bits per heavy atom. The van der Waals surface area contributed by atoms with Crippen molar-refractivity contribution >= 4 is 17.6 Å². The number of hydrogen-bond acceptors (Lipinski definition) is 5. The number of hydrogen-bond donors (Lipinski definition) is 1. The van der Waals surface area contributed by atoms with Crippen molar-refractivity contribution in [2.75, 3.05) is 25.5 Å². The van der Waals surface area contributed by atoms with Gasteiger partial charge in [-0.1, -0.05) is 0 Å². The van der Waals surface area contributed by atoms with Gasteiger partial charge in [-0.15, -0.1) is 0 Å². The van der Waals surface area contributed by atoms with Gasteiger partial charge in [0, 0.05) is 25.4 Å². The minimum atomic E-state index is -4.73. The summed E-state index contributed by atoms with van der Waals surface area (Å²) in [6.45, 7) is 1.38. The van der Waals surface area contributed by atoms with Crippen LogP contribution in [0.5, 0.6) is 5.75 Å². The van der Waals surface area contributed by atoms with E-state index < -0.39 is 17.8 Å². The first-order chi connectivity index (χ1) is 15.8. The Kier molecular flexibility index (Phi) is 6.03. The smallest absolute Gasteiger partial charge is 0.435 e. The average Bonchev–Trinajstić information content (AvgIpc) is 3.49. The van der Waals surface area contributed by atoms with Gasteiger partial charge in [-0.2, -0.15) is 18.3 Å². The molecule has 1 fully saturated rings. The van der Waals surface area contributed by atoms with Crippen LogP contribution >= 0.6 is 0 Å². The number of anilines is 1. The minimum Gasteiger partial charge on any atom is -0.497 e. The van der Waals surface area contributed by atoms with E-state index in [0.29, 0.717) is 30.5 Å². The van der Waals surface area contributed by atoms with Crippen molar-refractivity contribution in [1.29, 1.82) is 0 Å². The van der Waals surface area contributed by atoms with Crippen LogP contribution in [0.25, 0.3) is 5.69 Å². The molecule has 1 aliphatic heterocycles. The van der Waals surface area contributed by atoms with Crippen molar-refractivity contribution in [1.82, 2.24) is 19.7 Å². The molecule has 2 aromatic heterocycles. The molecule has 1 aromatic carbocycles. The number of halogens is 3. The summed E-state index contributed by atoms with van der Waals surface area (Å²) >= 11 is 0. The molecule has 11 heteroatoms. The Morgan fingerprint density at radius 2 is 1.76 bits per heavy atom. The van der Waals surface area contributed by atoms with Crippen molar-refractivity contribution in [3.63, 3.8) is 0 Å². The maximum atomic E-state index is 13.3. The Bertz CT molecular complexity index is 1150. The number of rotatable bonds is 5. The number of benzene rings is 1. The SMILES string of the molecule is COc1ccc(-n2nc(C(F)(F)F)cc2C(=O)Nc2ccc(C(=O)N3CCCC3)cn2)cc1. The Balaban J connectivity index is 1.58. The number of aromatic nitrogens is 3. The van der Waals surface area contributed by atoms with Gasteiger partial charge < -0.3 is 15.0 Å². The fourth-order valence-corrected chi connectivity index (χ4v) is 3.48. The number of amides is 2. The van der Waals surface area contributed by atoms with Gasteiger partial charge in [-0.05, 0) is 49.2 Å². The molecule has 1 N–H and O–H groups in total. The number of carbonyl (C=O) groups excluding carboxylic acids is 2. The fraction of sp³-hybridized carbons (Fsp3) is 0.273. The number of nitrogens with zero attached hydrogens (tertiary/aromatic N) is 4.